The molecule has 0 aromatic carbocycles. The van der Waals surface area contributed by atoms with Crippen molar-refractivity contribution in [3.05, 3.63) is 12.1 Å². The minimum absolute atomic E-state index is 0.0246. The number of carbonyl (C=O) groups excluding carboxylic acids is 1. The first-order chi connectivity index (χ1) is 12.6. The van der Waals surface area contributed by atoms with Crippen LogP contribution in [0.25, 0.3) is 0 Å². The van der Waals surface area contributed by atoms with E-state index in [0.717, 1.165) is 0 Å². The molecule has 10 nitrogen and oxygen atoms in total. The van der Waals surface area contributed by atoms with Crippen LogP contribution in [-0.2, 0) is 28.5 Å². The number of hydrogen-bond acceptors (Lipinski definition) is 9. The third kappa shape index (κ3) is 10.2. The van der Waals surface area contributed by atoms with Gasteiger partial charge < -0.3 is 38.7 Å². The van der Waals surface area contributed by atoms with Crippen LogP contribution in [0.4, 0.5) is 0 Å². The Morgan fingerprint density at radius 2 is 1.23 bits per heavy atom. The zero-order chi connectivity index (χ0) is 19.0. The van der Waals surface area contributed by atoms with E-state index < -0.39 is 5.97 Å². The van der Waals surface area contributed by atoms with Crippen molar-refractivity contribution in [3.63, 3.8) is 0 Å². The third-order valence-corrected chi connectivity index (χ3v) is 2.99. The smallest absolute Gasteiger partial charge is 0.335 e. The largest absolute Gasteiger partial charge is 0.492 e. The highest BCUT2D eigenvalue weighted by Crippen LogP contribution is 2.18. The van der Waals surface area contributed by atoms with Crippen LogP contribution in [0.15, 0.2) is 12.1 Å². The molecule has 0 aliphatic heterocycles. The van der Waals surface area contributed by atoms with Crippen molar-refractivity contribution in [3.8, 4) is 11.8 Å². The average molecular weight is 377 g/mol. The van der Waals surface area contributed by atoms with Gasteiger partial charge in [-0.25, -0.2) is 4.79 Å². The molecule has 26 heavy (non-hydrogen) atoms. The van der Waals surface area contributed by atoms with Crippen LogP contribution in [0.2, 0.25) is 0 Å². The quantitative estimate of drug-likeness (QED) is 0.383. The van der Waals surface area contributed by atoms with Crippen molar-refractivity contribution in [1.82, 2.24) is 4.73 Å². The molecule has 2 N–H and O–H groups in total. The molecule has 0 aliphatic carbocycles. The van der Waals surface area contributed by atoms with E-state index in [4.69, 9.17) is 28.5 Å². The van der Waals surface area contributed by atoms with Crippen LogP contribution in [-0.4, -0.2) is 87.5 Å². The first-order valence-electron chi connectivity index (χ1n) is 8.26. The molecule has 0 spiro atoms. The van der Waals surface area contributed by atoms with Gasteiger partial charge in [0, 0.05) is 19.2 Å². The number of nitrogens with zero attached hydrogens (tertiary/aromatic N) is 1. The molecule has 1 heterocycles. The van der Waals surface area contributed by atoms with Gasteiger partial charge in [-0.1, -0.05) is 0 Å². The molecule has 0 atom stereocenters. The number of rotatable bonds is 16. The standard InChI is InChI=1S/C16H27NO9/c1-21-6-7-23-10-11-25-13-12-24-9-8-22-5-4-16(20)26-17-14(18)2-3-15(17)19/h2-3,18-19H,4-13H2,1H3. The fourth-order valence-corrected chi connectivity index (χ4v) is 1.70. The summed E-state index contributed by atoms with van der Waals surface area (Å²) in [5, 5.41) is 18.7. The summed E-state index contributed by atoms with van der Waals surface area (Å²) in [5.41, 5.74) is 0. The fourth-order valence-electron chi connectivity index (χ4n) is 1.70. The van der Waals surface area contributed by atoms with Gasteiger partial charge in [0.2, 0.25) is 11.8 Å². The second-order valence-corrected chi connectivity index (χ2v) is 5.00. The van der Waals surface area contributed by atoms with Gasteiger partial charge in [-0.05, 0) is 0 Å². The van der Waals surface area contributed by atoms with Crippen LogP contribution in [0.3, 0.4) is 0 Å². The Kier molecular flexibility index (Phi) is 12.2. The van der Waals surface area contributed by atoms with E-state index in [1.807, 2.05) is 0 Å². The van der Waals surface area contributed by atoms with E-state index in [9.17, 15) is 15.0 Å². The maximum Gasteiger partial charge on any atom is 0.335 e. The molecule has 0 saturated heterocycles. The van der Waals surface area contributed by atoms with Crippen molar-refractivity contribution < 1.29 is 43.5 Å². The Labute approximate surface area is 152 Å². The van der Waals surface area contributed by atoms with Gasteiger partial charge in [0.15, 0.2) is 0 Å². The molecule has 150 valence electrons. The van der Waals surface area contributed by atoms with Crippen LogP contribution in [0.1, 0.15) is 6.42 Å². The van der Waals surface area contributed by atoms with E-state index in [-0.39, 0.29) is 24.8 Å². The molecule has 0 unspecified atom stereocenters. The SMILES string of the molecule is COCCOCCOCCOCCOCCC(=O)On1c(O)ccc1O. The van der Waals surface area contributed by atoms with E-state index in [2.05, 4.69) is 0 Å². The van der Waals surface area contributed by atoms with Crippen molar-refractivity contribution in [2.45, 2.75) is 6.42 Å². The summed E-state index contributed by atoms with van der Waals surface area (Å²) in [6.45, 7) is 3.88. The molecule has 0 saturated carbocycles. The molecule has 1 rings (SSSR count). The van der Waals surface area contributed by atoms with Crippen LogP contribution in [0, 0.1) is 0 Å². The lowest BCUT2D eigenvalue weighted by atomic mass is 10.5. The summed E-state index contributed by atoms with van der Waals surface area (Å²) in [5.74, 6) is -1.38. The number of carbonyl (C=O) groups is 1. The summed E-state index contributed by atoms with van der Waals surface area (Å²) in [7, 11) is 1.62. The Balaban J connectivity index is 1.85. The molecule has 1 aromatic heterocycles. The van der Waals surface area contributed by atoms with Crippen LogP contribution >= 0.6 is 0 Å². The predicted molar refractivity (Wildman–Crippen MR) is 89.1 cm³/mol. The van der Waals surface area contributed by atoms with Gasteiger partial charge in [-0.15, -0.1) is 4.73 Å². The number of aromatic hydroxyl groups is 2. The summed E-state index contributed by atoms with van der Waals surface area (Å²) in [4.78, 5) is 16.3. The van der Waals surface area contributed by atoms with E-state index >= 15 is 0 Å². The maximum absolute atomic E-state index is 11.5. The minimum Gasteiger partial charge on any atom is -0.492 e. The maximum atomic E-state index is 11.5. The Hall–Kier alpha value is -1.85. The van der Waals surface area contributed by atoms with E-state index in [1.165, 1.54) is 12.1 Å². The second-order valence-electron chi connectivity index (χ2n) is 5.00. The summed E-state index contributed by atoms with van der Waals surface area (Å²) in [6, 6.07) is 2.41. The summed E-state index contributed by atoms with van der Waals surface area (Å²) < 4.78 is 26.6. The number of ether oxygens (including phenoxy) is 5. The lowest BCUT2D eigenvalue weighted by molar-refractivity contribution is -0.146. The third-order valence-electron chi connectivity index (χ3n) is 2.99. The first-order valence-corrected chi connectivity index (χ1v) is 8.26. The van der Waals surface area contributed by atoms with Gasteiger partial charge in [0.05, 0.1) is 65.9 Å². The first kappa shape index (κ1) is 22.2. The molecule has 0 fully saturated rings. The second kappa shape index (κ2) is 14.3. The minimum atomic E-state index is -0.645. The molecule has 1 aromatic rings. The van der Waals surface area contributed by atoms with Gasteiger partial charge in [0.25, 0.3) is 0 Å². The Morgan fingerprint density at radius 3 is 1.69 bits per heavy atom. The molecule has 0 radical (unpaired) electrons. The number of aromatic nitrogens is 1. The lowest BCUT2D eigenvalue weighted by Crippen LogP contribution is -2.20. The van der Waals surface area contributed by atoms with Crippen molar-refractivity contribution in [2.75, 3.05) is 66.6 Å². The molecular formula is C16H27NO9. The van der Waals surface area contributed by atoms with Gasteiger partial charge in [-0.2, -0.15) is 0 Å². The predicted octanol–water partition coefficient (Wildman–Crippen LogP) is -0.0426. The van der Waals surface area contributed by atoms with Gasteiger partial charge in [0.1, 0.15) is 0 Å². The van der Waals surface area contributed by atoms with Gasteiger partial charge >= 0.3 is 5.97 Å². The summed E-state index contributed by atoms with van der Waals surface area (Å²) in [6.07, 6.45) is -0.0246. The number of methoxy groups -OCH3 is 1. The average Bonchev–Trinajstić information content (AvgIpc) is 2.94. The highest BCUT2D eigenvalue weighted by atomic mass is 16.7. The van der Waals surface area contributed by atoms with Crippen molar-refractivity contribution >= 4 is 5.97 Å². The monoisotopic (exact) mass is 377 g/mol. The van der Waals surface area contributed by atoms with E-state index in [1.54, 1.807) is 7.11 Å². The fraction of sp³-hybridized carbons (Fsp3) is 0.688. The molecule has 0 bridgehead atoms. The van der Waals surface area contributed by atoms with Crippen molar-refractivity contribution in [1.29, 1.82) is 0 Å². The molecule has 10 heteroatoms. The number of hydrogen-bond donors (Lipinski definition) is 2. The van der Waals surface area contributed by atoms with Crippen LogP contribution < -0.4 is 4.84 Å². The molecular weight excluding hydrogens is 350 g/mol. The molecule has 0 aliphatic rings. The van der Waals surface area contributed by atoms with Crippen LogP contribution in [0.5, 0.6) is 11.8 Å². The normalized spacial score (nSPS) is 11.0. The van der Waals surface area contributed by atoms with Crippen molar-refractivity contribution in [2.24, 2.45) is 0 Å². The Bertz CT molecular complexity index is 473. The zero-order valence-corrected chi connectivity index (χ0v) is 14.9. The molecule has 0 amide bonds. The highest BCUT2D eigenvalue weighted by molar-refractivity contribution is 5.70. The summed E-state index contributed by atoms with van der Waals surface area (Å²) >= 11 is 0. The topological polar surface area (TPSA) is 118 Å². The highest BCUT2D eigenvalue weighted by Gasteiger charge is 2.11. The van der Waals surface area contributed by atoms with E-state index in [0.29, 0.717) is 57.6 Å². The lowest BCUT2D eigenvalue weighted by Gasteiger charge is -2.08. The van der Waals surface area contributed by atoms with Gasteiger partial charge in [-0.3, -0.25) is 0 Å². The Morgan fingerprint density at radius 1 is 0.808 bits per heavy atom. The zero-order valence-electron chi connectivity index (χ0n) is 14.9.